The van der Waals surface area contributed by atoms with E-state index in [2.05, 4.69) is 0 Å². The third kappa shape index (κ3) is 5.06. The molecule has 1 aliphatic heterocycles. The van der Waals surface area contributed by atoms with Crippen molar-refractivity contribution in [2.45, 2.75) is 36.9 Å². The van der Waals surface area contributed by atoms with Gasteiger partial charge in [-0.05, 0) is 38.0 Å². The number of hydrogen-bond acceptors (Lipinski definition) is 6. The van der Waals surface area contributed by atoms with Gasteiger partial charge in [0.05, 0.1) is 11.1 Å². The number of carbonyl (C=O) groups is 1. The number of halogens is 2. The molecule has 1 aliphatic rings. The van der Waals surface area contributed by atoms with E-state index in [4.69, 9.17) is 36.9 Å². The summed E-state index contributed by atoms with van der Waals surface area (Å²) in [6.07, 6.45) is 0.260. The molecule has 0 aromatic heterocycles. The maximum atomic E-state index is 12.2. The fraction of sp³-hybridized carbons (Fsp3) is 0.500. The van der Waals surface area contributed by atoms with Crippen LogP contribution in [0.4, 0.5) is 0 Å². The molecule has 0 spiro atoms. The fourth-order valence-corrected chi connectivity index (χ4v) is 3.80. The maximum absolute atomic E-state index is 12.2. The fourth-order valence-electron chi connectivity index (χ4n) is 2.02. The third-order valence-corrected chi connectivity index (χ3v) is 5.30. The smallest absolute Gasteiger partial charge is 0.336 e. The average Bonchev–Trinajstić information content (AvgIpc) is 3.00. The Morgan fingerprint density at radius 1 is 1.43 bits per heavy atom. The van der Waals surface area contributed by atoms with Crippen molar-refractivity contribution in [1.29, 1.82) is 0 Å². The highest BCUT2D eigenvalue weighted by atomic mass is 35.5. The van der Waals surface area contributed by atoms with Crippen LogP contribution in [0.3, 0.4) is 0 Å². The van der Waals surface area contributed by atoms with E-state index < -0.39 is 22.2 Å². The molecule has 0 radical (unpaired) electrons. The minimum atomic E-state index is -4.24. The maximum Gasteiger partial charge on any atom is 0.336 e. The molecule has 0 saturated carbocycles. The molecule has 0 bridgehead atoms. The van der Waals surface area contributed by atoms with E-state index in [9.17, 15) is 13.2 Å². The molecule has 2 atom stereocenters. The quantitative estimate of drug-likeness (QED) is 0.555. The number of benzene rings is 1. The number of carbonyl (C=O) groups excluding carboxylic acids is 1. The summed E-state index contributed by atoms with van der Waals surface area (Å²) in [6, 6.07) is 3.94. The van der Waals surface area contributed by atoms with Gasteiger partial charge in [-0.1, -0.05) is 23.2 Å². The summed E-state index contributed by atoms with van der Waals surface area (Å²) in [5.74, 6) is -0.790. The van der Waals surface area contributed by atoms with Crippen LogP contribution in [0.1, 0.15) is 19.8 Å². The molecule has 23 heavy (non-hydrogen) atoms. The first kappa shape index (κ1) is 18.5. The van der Waals surface area contributed by atoms with Gasteiger partial charge < -0.3 is 9.47 Å². The molecule has 6 nitrogen and oxygen atoms in total. The molecular formula is C14H16Cl2O6S. The van der Waals surface area contributed by atoms with Crippen molar-refractivity contribution >= 4 is 39.3 Å². The first-order chi connectivity index (χ1) is 10.8. The summed E-state index contributed by atoms with van der Waals surface area (Å²) in [4.78, 5) is 11.5. The largest absolute Gasteiger partial charge is 0.461 e. The summed E-state index contributed by atoms with van der Waals surface area (Å²) in [5, 5.41) is 0.138. The van der Waals surface area contributed by atoms with Crippen molar-refractivity contribution in [3.8, 4) is 0 Å². The van der Waals surface area contributed by atoms with Crippen LogP contribution in [0, 0.1) is 0 Å². The molecule has 1 fully saturated rings. The van der Waals surface area contributed by atoms with Crippen molar-refractivity contribution in [3.05, 3.63) is 28.2 Å². The van der Waals surface area contributed by atoms with Gasteiger partial charge in [0.15, 0.2) is 6.10 Å². The zero-order valence-electron chi connectivity index (χ0n) is 12.3. The molecule has 0 amide bonds. The Hall–Kier alpha value is -0.860. The highest BCUT2D eigenvalue weighted by Crippen LogP contribution is 2.27. The van der Waals surface area contributed by atoms with E-state index in [-0.39, 0.29) is 27.7 Å². The Morgan fingerprint density at radius 2 is 2.17 bits per heavy atom. The van der Waals surface area contributed by atoms with Crippen molar-refractivity contribution in [1.82, 2.24) is 0 Å². The van der Waals surface area contributed by atoms with Crippen LogP contribution in [-0.2, 0) is 28.6 Å². The zero-order chi connectivity index (χ0) is 17.0. The molecule has 1 aromatic rings. The Bertz CT molecular complexity index is 670. The van der Waals surface area contributed by atoms with Crippen LogP contribution in [0.15, 0.2) is 23.1 Å². The monoisotopic (exact) mass is 382 g/mol. The SMILES string of the molecule is CC(OS(=O)(=O)c1cc(Cl)ccc1Cl)C(=O)OC[C@@H]1CCCO1. The molecule has 0 N–H and O–H groups in total. The Balaban J connectivity index is 1.98. The number of esters is 1. The van der Waals surface area contributed by atoms with E-state index >= 15 is 0 Å². The molecule has 1 heterocycles. The van der Waals surface area contributed by atoms with Crippen LogP contribution in [0.25, 0.3) is 0 Å². The molecule has 2 rings (SSSR count). The van der Waals surface area contributed by atoms with Gasteiger partial charge in [0.1, 0.15) is 11.5 Å². The minimum Gasteiger partial charge on any atom is -0.461 e. The molecule has 128 valence electrons. The highest BCUT2D eigenvalue weighted by Gasteiger charge is 2.28. The first-order valence-electron chi connectivity index (χ1n) is 6.96. The lowest BCUT2D eigenvalue weighted by molar-refractivity contribution is -0.154. The van der Waals surface area contributed by atoms with Crippen LogP contribution >= 0.6 is 23.2 Å². The average molecular weight is 383 g/mol. The van der Waals surface area contributed by atoms with Gasteiger partial charge in [-0.2, -0.15) is 8.42 Å². The number of rotatable bonds is 6. The van der Waals surface area contributed by atoms with E-state index in [0.29, 0.717) is 6.61 Å². The van der Waals surface area contributed by atoms with Crippen molar-refractivity contribution in [3.63, 3.8) is 0 Å². The molecule has 1 unspecified atom stereocenters. The van der Waals surface area contributed by atoms with Crippen LogP contribution < -0.4 is 0 Å². The third-order valence-electron chi connectivity index (χ3n) is 3.20. The Labute approximate surface area is 144 Å². The first-order valence-corrected chi connectivity index (χ1v) is 9.12. The second-order valence-corrected chi connectivity index (χ2v) is 7.42. The lowest BCUT2D eigenvalue weighted by Crippen LogP contribution is -2.29. The molecule has 1 saturated heterocycles. The van der Waals surface area contributed by atoms with E-state index in [0.717, 1.165) is 18.9 Å². The van der Waals surface area contributed by atoms with Gasteiger partial charge in [0, 0.05) is 11.6 Å². The molecule has 0 aliphatic carbocycles. The Morgan fingerprint density at radius 3 is 2.83 bits per heavy atom. The molecule has 9 heteroatoms. The standard InChI is InChI=1S/C14H16Cl2O6S/c1-9(14(17)21-8-11-3-2-6-20-11)22-23(18,19)13-7-10(15)4-5-12(13)16/h4-5,7,9,11H,2-3,6,8H2,1H3/t9?,11-/m0/s1. The second kappa shape index (κ2) is 7.81. The van der Waals surface area contributed by atoms with Gasteiger partial charge in [0.2, 0.25) is 0 Å². The summed E-state index contributed by atoms with van der Waals surface area (Å²) in [7, 11) is -4.24. The van der Waals surface area contributed by atoms with Gasteiger partial charge in [-0.25, -0.2) is 4.79 Å². The summed E-state index contributed by atoms with van der Waals surface area (Å²) in [5.41, 5.74) is 0. The Kier molecular flexibility index (Phi) is 6.27. The van der Waals surface area contributed by atoms with Crippen LogP contribution in [0.2, 0.25) is 10.0 Å². The van der Waals surface area contributed by atoms with Gasteiger partial charge in [0.25, 0.3) is 10.1 Å². The van der Waals surface area contributed by atoms with Gasteiger partial charge in [-0.3, -0.25) is 4.18 Å². The summed E-state index contributed by atoms with van der Waals surface area (Å²) >= 11 is 11.6. The van der Waals surface area contributed by atoms with E-state index in [1.165, 1.54) is 19.1 Å². The predicted molar refractivity (Wildman–Crippen MR) is 84.1 cm³/mol. The normalized spacial score (nSPS) is 19.5. The van der Waals surface area contributed by atoms with Gasteiger partial charge in [-0.15, -0.1) is 0 Å². The van der Waals surface area contributed by atoms with Gasteiger partial charge >= 0.3 is 5.97 Å². The number of ether oxygens (including phenoxy) is 2. The van der Waals surface area contributed by atoms with Crippen molar-refractivity contribution in [2.24, 2.45) is 0 Å². The summed E-state index contributed by atoms with van der Waals surface area (Å²) in [6.45, 7) is 1.99. The van der Waals surface area contributed by atoms with Crippen molar-refractivity contribution < 1.29 is 26.9 Å². The van der Waals surface area contributed by atoms with Crippen LogP contribution in [0.5, 0.6) is 0 Å². The van der Waals surface area contributed by atoms with Crippen molar-refractivity contribution in [2.75, 3.05) is 13.2 Å². The van der Waals surface area contributed by atoms with Crippen LogP contribution in [-0.4, -0.2) is 39.8 Å². The molecule has 1 aromatic carbocycles. The van der Waals surface area contributed by atoms with E-state index in [1.807, 2.05) is 0 Å². The molecular weight excluding hydrogens is 367 g/mol. The van der Waals surface area contributed by atoms with E-state index in [1.54, 1.807) is 0 Å². The predicted octanol–water partition coefficient (Wildman–Crippen LogP) is 2.81. The minimum absolute atomic E-state index is 0.0469. The lowest BCUT2D eigenvalue weighted by Gasteiger charge is -2.15. The lowest BCUT2D eigenvalue weighted by atomic mass is 10.2. The second-order valence-electron chi connectivity index (χ2n) is 5.03. The summed E-state index contributed by atoms with van der Waals surface area (Å²) < 4.78 is 39.5. The topological polar surface area (TPSA) is 78.9 Å². The highest BCUT2D eigenvalue weighted by molar-refractivity contribution is 7.87. The zero-order valence-corrected chi connectivity index (χ0v) is 14.7. The number of hydrogen-bond donors (Lipinski definition) is 0.